The minimum Gasteiger partial charge on any atom is -0.493 e. The van der Waals surface area contributed by atoms with Gasteiger partial charge in [-0.1, -0.05) is 6.07 Å². The van der Waals surface area contributed by atoms with Crippen LogP contribution in [0.25, 0.3) is 10.6 Å². The fourth-order valence-electron chi connectivity index (χ4n) is 4.03. The molecule has 1 unspecified atom stereocenters. The lowest BCUT2D eigenvalue weighted by Crippen LogP contribution is -2.39. The van der Waals surface area contributed by atoms with E-state index in [9.17, 15) is 9.59 Å². The van der Waals surface area contributed by atoms with Gasteiger partial charge < -0.3 is 24.4 Å². The molecule has 192 valence electrons. The van der Waals surface area contributed by atoms with Crippen LogP contribution in [0.15, 0.2) is 76.8 Å². The van der Waals surface area contributed by atoms with Crippen LogP contribution in [0.3, 0.4) is 0 Å². The first kappa shape index (κ1) is 25.6. The first-order chi connectivity index (χ1) is 17.9. The average Bonchev–Trinajstić information content (AvgIpc) is 3.61. The number of hydroxylamine groups is 1. The zero-order valence-corrected chi connectivity index (χ0v) is 20.4. The van der Waals surface area contributed by atoms with Crippen molar-refractivity contribution in [2.75, 3.05) is 19.7 Å². The maximum Gasteiger partial charge on any atom is 0.380 e. The predicted octanol–water partition coefficient (Wildman–Crippen LogP) is 3.84. The number of hydrogen-bond donors (Lipinski definition) is 3. The van der Waals surface area contributed by atoms with Crippen molar-refractivity contribution in [2.45, 2.75) is 25.8 Å². The summed E-state index contributed by atoms with van der Waals surface area (Å²) in [5, 5.41) is 11.9. The highest BCUT2D eigenvalue weighted by atomic mass is 16.7. The van der Waals surface area contributed by atoms with Gasteiger partial charge in [-0.15, -0.1) is 5.48 Å². The zero-order chi connectivity index (χ0) is 26.2. The highest BCUT2D eigenvalue weighted by Gasteiger charge is 2.28. The Morgan fingerprint density at radius 2 is 2.08 bits per heavy atom. The van der Waals surface area contributed by atoms with E-state index in [1.165, 1.54) is 18.4 Å². The van der Waals surface area contributed by atoms with E-state index in [4.69, 9.17) is 25.7 Å². The van der Waals surface area contributed by atoms with E-state index in [2.05, 4.69) is 20.5 Å². The van der Waals surface area contributed by atoms with Crippen molar-refractivity contribution in [3.63, 3.8) is 0 Å². The molecule has 10 nitrogen and oxygen atoms in total. The Kier molecular flexibility index (Phi) is 8.28. The Morgan fingerprint density at radius 3 is 2.78 bits per heavy atom. The molecule has 0 radical (unpaired) electrons. The maximum absolute atomic E-state index is 12.5. The third kappa shape index (κ3) is 6.80. The Hall–Kier alpha value is -4.49. The van der Waals surface area contributed by atoms with Gasteiger partial charge in [0.05, 0.1) is 31.5 Å². The van der Waals surface area contributed by atoms with E-state index in [-0.39, 0.29) is 11.5 Å². The SMILES string of the molecule is C#[N+]C(=CC=C(C)NC(=O)C1C=C(c2ccco2)ON1)N1CCC(COc2cccc(C(=O)O)c2)CC1. The number of piperidine rings is 1. The van der Waals surface area contributed by atoms with Gasteiger partial charge in [-0.3, -0.25) is 4.79 Å². The fraction of sp³-hybridized carbons (Fsp3) is 0.296. The summed E-state index contributed by atoms with van der Waals surface area (Å²) < 4.78 is 11.1. The lowest BCUT2D eigenvalue weighted by atomic mass is 9.98. The van der Waals surface area contributed by atoms with Crippen molar-refractivity contribution in [3.05, 3.63) is 88.6 Å². The number of likely N-dealkylation sites (tertiary alicyclic amines) is 1. The molecule has 2 aromatic rings. The van der Waals surface area contributed by atoms with E-state index in [1.807, 2.05) is 0 Å². The predicted molar refractivity (Wildman–Crippen MR) is 136 cm³/mol. The van der Waals surface area contributed by atoms with Crippen molar-refractivity contribution < 1.29 is 28.7 Å². The number of benzene rings is 1. The first-order valence-electron chi connectivity index (χ1n) is 11.9. The summed E-state index contributed by atoms with van der Waals surface area (Å²) in [6, 6.07) is 9.33. The third-order valence-corrected chi connectivity index (χ3v) is 6.10. The van der Waals surface area contributed by atoms with Gasteiger partial charge in [-0.05, 0) is 62.2 Å². The summed E-state index contributed by atoms with van der Waals surface area (Å²) in [5.41, 5.74) is 3.50. The van der Waals surface area contributed by atoms with Gasteiger partial charge in [0.2, 0.25) is 5.91 Å². The number of hydrogen-bond acceptors (Lipinski definition) is 7. The molecule has 1 atom stereocenters. The lowest BCUT2D eigenvalue weighted by molar-refractivity contribution is -0.122. The quantitative estimate of drug-likeness (QED) is 0.440. The smallest absolute Gasteiger partial charge is 0.380 e. The number of amides is 1. The molecule has 3 heterocycles. The van der Waals surface area contributed by atoms with Crippen molar-refractivity contribution in [2.24, 2.45) is 5.92 Å². The molecule has 1 saturated heterocycles. The highest BCUT2D eigenvalue weighted by Crippen LogP contribution is 2.23. The number of nitrogens with zero attached hydrogens (tertiary/aromatic N) is 2. The molecular weight excluding hydrogens is 476 g/mol. The van der Waals surface area contributed by atoms with Crippen LogP contribution in [0.5, 0.6) is 5.75 Å². The second kappa shape index (κ2) is 12.0. The van der Waals surface area contributed by atoms with Crippen LogP contribution >= 0.6 is 0 Å². The molecule has 1 aromatic heterocycles. The number of carbonyl (C=O) groups is 2. The second-order valence-corrected chi connectivity index (χ2v) is 8.77. The molecule has 2 aliphatic heterocycles. The van der Waals surface area contributed by atoms with E-state index < -0.39 is 12.0 Å². The molecule has 10 heteroatoms. The molecule has 3 N–H and O–H groups in total. The number of carboxylic acids is 1. The van der Waals surface area contributed by atoms with E-state index in [1.54, 1.807) is 49.4 Å². The van der Waals surface area contributed by atoms with Crippen LogP contribution < -0.4 is 15.5 Å². The molecule has 0 spiro atoms. The molecule has 1 aromatic carbocycles. The number of ether oxygens (including phenoxy) is 1. The summed E-state index contributed by atoms with van der Waals surface area (Å²) in [6.45, 7) is 9.43. The average molecular weight is 506 g/mol. The molecule has 0 aliphatic carbocycles. The number of carboxylic acid groups (broad SMARTS) is 1. The zero-order valence-electron chi connectivity index (χ0n) is 20.4. The second-order valence-electron chi connectivity index (χ2n) is 8.77. The largest absolute Gasteiger partial charge is 0.493 e. The van der Waals surface area contributed by atoms with E-state index in [0.29, 0.717) is 41.3 Å². The Labute approximate surface area is 214 Å². The summed E-state index contributed by atoms with van der Waals surface area (Å²) in [4.78, 5) is 35.0. The summed E-state index contributed by atoms with van der Waals surface area (Å²) in [5.74, 6) is 1.24. The van der Waals surface area contributed by atoms with Crippen LogP contribution in [0, 0.1) is 12.5 Å². The number of nitrogens with one attached hydrogen (secondary N) is 2. The minimum atomic E-state index is -0.979. The first-order valence-corrected chi connectivity index (χ1v) is 11.9. The minimum absolute atomic E-state index is 0.203. The van der Waals surface area contributed by atoms with Crippen molar-refractivity contribution in [1.82, 2.24) is 15.7 Å². The Morgan fingerprint density at radius 1 is 1.27 bits per heavy atom. The molecule has 2 aliphatic rings. The van der Waals surface area contributed by atoms with Gasteiger partial charge in [0.1, 0.15) is 18.4 Å². The van der Waals surface area contributed by atoms with Gasteiger partial charge in [0.15, 0.2) is 11.5 Å². The maximum atomic E-state index is 12.5. The van der Waals surface area contributed by atoms with E-state index in [0.717, 1.165) is 25.9 Å². The molecule has 0 bridgehead atoms. The van der Waals surface area contributed by atoms with Gasteiger partial charge >= 0.3 is 11.8 Å². The molecule has 4 rings (SSSR count). The molecular formula is C27H29N4O6+. The fourth-order valence-corrected chi connectivity index (χ4v) is 4.03. The number of aromatic carboxylic acids is 1. The van der Waals surface area contributed by atoms with Crippen LogP contribution in [0.4, 0.5) is 0 Å². The highest BCUT2D eigenvalue weighted by molar-refractivity contribution is 5.88. The van der Waals surface area contributed by atoms with Crippen LogP contribution in [0.1, 0.15) is 35.9 Å². The Bertz CT molecular complexity index is 1250. The normalized spacial score (nSPS) is 18.5. The summed E-state index contributed by atoms with van der Waals surface area (Å²) >= 11 is 0. The molecule has 37 heavy (non-hydrogen) atoms. The number of carbonyl (C=O) groups excluding carboxylic acids is 1. The summed E-state index contributed by atoms with van der Waals surface area (Å²) in [6.07, 6.45) is 8.46. The van der Waals surface area contributed by atoms with Gasteiger partial charge in [0, 0.05) is 17.7 Å². The number of rotatable bonds is 9. The van der Waals surface area contributed by atoms with Crippen molar-refractivity contribution in [1.29, 1.82) is 0 Å². The van der Waals surface area contributed by atoms with Gasteiger partial charge in [-0.25, -0.2) is 9.69 Å². The van der Waals surface area contributed by atoms with Gasteiger partial charge in [-0.2, -0.15) is 4.85 Å². The molecule has 1 fully saturated rings. The monoisotopic (exact) mass is 505 g/mol. The summed E-state index contributed by atoms with van der Waals surface area (Å²) in [7, 11) is 0. The van der Waals surface area contributed by atoms with E-state index >= 15 is 0 Å². The van der Waals surface area contributed by atoms with Crippen LogP contribution in [-0.4, -0.2) is 47.6 Å². The van der Waals surface area contributed by atoms with Crippen molar-refractivity contribution >= 4 is 17.6 Å². The Balaban J connectivity index is 1.25. The van der Waals surface area contributed by atoms with Gasteiger partial charge in [0.25, 0.3) is 0 Å². The van der Waals surface area contributed by atoms with Crippen molar-refractivity contribution in [3.8, 4) is 12.3 Å². The number of furan rings is 1. The molecule has 0 saturated carbocycles. The van der Waals surface area contributed by atoms with Crippen LogP contribution in [-0.2, 0) is 9.63 Å². The topological polar surface area (TPSA) is 118 Å². The number of allylic oxidation sites excluding steroid dienone is 3. The third-order valence-electron chi connectivity index (χ3n) is 6.10. The standard InChI is InChI=1S/C27H28N4O6/c1-18(29-26(32)22-16-24(37-30-22)23-7-4-14-35-23)8-9-25(28-2)31-12-10-19(11-13-31)17-36-21-6-3-5-20(15-21)27(33)34/h2-9,14-16,19,22,30H,10-13,17H2,1H3,(H-,29,32,33,34)/p+1. The molecule has 1 amide bonds. The van der Waals surface area contributed by atoms with Crippen LogP contribution in [0.2, 0.25) is 0 Å². The lowest BCUT2D eigenvalue weighted by Gasteiger charge is -2.26.